The van der Waals surface area contributed by atoms with Gasteiger partial charge in [0.1, 0.15) is 0 Å². The van der Waals surface area contributed by atoms with Crippen LogP contribution in [0.15, 0.2) is 48.1 Å². The van der Waals surface area contributed by atoms with E-state index in [1.165, 1.54) is 11.1 Å². The number of benzene rings is 1. The molecule has 0 heterocycles. The molecule has 1 aliphatic carbocycles. The summed E-state index contributed by atoms with van der Waals surface area (Å²) in [6, 6.07) is 8.23. The number of anilines is 1. The second-order valence-electron chi connectivity index (χ2n) is 4.19. The Morgan fingerprint density at radius 2 is 1.75 bits per heavy atom. The standard InChI is InChI=1S/C14H16N2/c1-10-3-6-12(7-4-10)16-14-9-11(2)5-8-13(14)15/h3-9,14-16H,1-2H3. The summed E-state index contributed by atoms with van der Waals surface area (Å²) >= 11 is 0. The van der Waals surface area contributed by atoms with Crippen molar-refractivity contribution in [2.24, 2.45) is 0 Å². The van der Waals surface area contributed by atoms with Crippen molar-refractivity contribution in [1.29, 1.82) is 5.41 Å². The highest BCUT2D eigenvalue weighted by Crippen LogP contribution is 2.15. The maximum Gasteiger partial charge on any atom is 0.0868 e. The lowest BCUT2D eigenvalue weighted by molar-refractivity contribution is 1.12. The average molecular weight is 212 g/mol. The zero-order valence-electron chi connectivity index (χ0n) is 9.62. The normalized spacial score (nSPS) is 19.5. The summed E-state index contributed by atoms with van der Waals surface area (Å²) in [5.74, 6) is 0. The largest absolute Gasteiger partial charge is 0.373 e. The first-order valence-electron chi connectivity index (χ1n) is 5.43. The maximum atomic E-state index is 7.83. The second-order valence-corrected chi connectivity index (χ2v) is 4.19. The van der Waals surface area contributed by atoms with E-state index in [0.717, 1.165) is 5.69 Å². The molecule has 0 radical (unpaired) electrons. The van der Waals surface area contributed by atoms with Crippen molar-refractivity contribution in [2.75, 3.05) is 5.32 Å². The molecule has 2 rings (SSSR count). The summed E-state index contributed by atoms with van der Waals surface area (Å²) in [6.45, 7) is 4.12. The van der Waals surface area contributed by atoms with Gasteiger partial charge in [-0.05, 0) is 32.1 Å². The third kappa shape index (κ3) is 2.40. The van der Waals surface area contributed by atoms with E-state index in [9.17, 15) is 0 Å². The number of nitrogens with one attached hydrogen (secondary N) is 2. The molecule has 0 bridgehead atoms. The quantitative estimate of drug-likeness (QED) is 0.775. The van der Waals surface area contributed by atoms with Crippen molar-refractivity contribution in [1.82, 2.24) is 0 Å². The highest BCUT2D eigenvalue weighted by atomic mass is 14.9. The van der Waals surface area contributed by atoms with Crippen molar-refractivity contribution >= 4 is 11.4 Å². The van der Waals surface area contributed by atoms with Crippen LogP contribution in [0.2, 0.25) is 0 Å². The predicted molar refractivity (Wildman–Crippen MR) is 69.2 cm³/mol. The van der Waals surface area contributed by atoms with Crippen molar-refractivity contribution in [2.45, 2.75) is 19.9 Å². The number of allylic oxidation sites excluding steroid dienone is 2. The first-order chi connectivity index (χ1) is 7.65. The molecule has 0 saturated carbocycles. The predicted octanol–water partition coefficient (Wildman–Crippen LogP) is 3.31. The van der Waals surface area contributed by atoms with Crippen LogP contribution >= 0.6 is 0 Å². The van der Waals surface area contributed by atoms with Crippen LogP contribution in [0.25, 0.3) is 0 Å². The first kappa shape index (κ1) is 10.7. The van der Waals surface area contributed by atoms with Crippen LogP contribution in [0, 0.1) is 12.3 Å². The van der Waals surface area contributed by atoms with Gasteiger partial charge in [-0.2, -0.15) is 0 Å². The lowest BCUT2D eigenvalue weighted by atomic mass is 10.0. The Kier molecular flexibility index (Phi) is 2.91. The molecule has 0 amide bonds. The highest BCUT2D eigenvalue weighted by molar-refractivity contribution is 6.01. The van der Waals surface area contributed by atoms with Crippen LogP contribution in [0.5, 0.6) is 0 Å². The molecule has 1 aromatic carbocycles. The number of hydrogen-bond acceptors (Lipinski definition) is 2. The zero-order chi connectivity index (χ0) is 11.5. The molecule has 0 spiro atoms. The Bertz CT molecular complexity index is 452. The molecule has 2 N–H and O–H groups in total. The lowest BCUT2D eigenvalue weighted by Gasteiger charge is -2.19. The Balaban J connectivity index is 2.13. The molecule has 0 aromatic heterocycles. The van der Waals surface area contributed by atoms with Crippen LogP contribution in [-0.2, 0) is 0 Å². The summed E-state index contributed by atoms with van der Waals surface area (Å²) in [5.41, 5.74) is 4.10. The van der Waals surface area contributed by atoms with Gasteiger partial charge in [-0.15, -0.1) is 0 Å². The van der Waals surface area contributed by atoms with Gasteiger partial charge in [-0.3, -0.25) is 0 Å². The van der Waals surface area contributed by atoms with Crippen LogP contribution < -0.4 is 5.32 Å². The van der Waals surface area contributed by atoms with Crippen molar-refractivity contribution < 1.29 is 0 Å². The summed E-state index contributed by atoms with van der Waals surface area (Å²) in [4.78, 5) is 0. The molecule has 0 aliphatic heterocycles. The van der Waals surface area contributed by atoms with Gasteiger partial charge in [0.25, 0.3) is 0 Å². The van der Waals surface area contributed by atoms with E-state index in [0.29, 0.717) is 5.71 Å². The van der Waals surface area contributed by atoms with E-state index >= 15 is 0 Å². The SMILES string of the molecule is CC1=CC(Nc2ccc(C)cc2)C(=N)C=C1. The highest BCUT2D eigenvalue weighted by Gasteiger charge is 2.12. The fourth-order valence-electron chi connectivity index (χ4n) is 1.68. The molecule has 0 saturated heterocycles. The molecule has 82 valence electrons. The van der Waals surface area contributed by atoms with E-state index in [4.69, 9.17) is 5.41 Å². The molecule has 2 heteroatoms. The van der Waals surface area contributed by atoms with E-state index in [1.54, 1.807) is 0 Å². The smallest absolute Gasteiger partial charge is 0.0868 e. The number of rotatable bonds is 2. The molecule has 2 nitrogen and oxygen atoms in total. The van der Waals surface area contributed by atoms with Gasteiger partial charge in [0.05, 0.1) is 11.8 Å². The van der Waals surface area contributed by atoms with Gasteiger partial charge in [0.2, 0.25) is 0 Å². The Morgan fingerprint density at radius 3 is 2.44 bits per heavy atom. The van der Waals surface area contributed by atoms with Gasteiger partial charge in [0.15, 0.2) is 0 Å². The van der Waals surface area contributed by atoms with E-state index in [-0.39, 0.29) is 6.04 Å². The first-order valence-corrected chi connectivity index (χ1v) is 5.43. The summed E-state index contributed by atoms with van der Waals surface area (Å²) in [5, 5.41) is 11.2. The van der Waals surface area contributed by atoms with Crippen LogP contribution in [-0.4, -0.2) is 11.8 Å². The molecule has 1 unspecified atom stereocenters. The Morgan fingerprint density at radius 1 is 1.06 bits per heavy atom. The zero-order valence-corrected chi connectivity index (χ0v) is 9.62. The Labute approximate surface area is 96.2 Å². The monoisotopic (exact) mass is 212 g/mol. The van der Waals surface area contributed by atoms with Gasteiger partial charge >= 0.3 is 0 Å². The fraction of sp³-hybridized carbons (Fsp3) is 0.214. The molecule has 0 fully saturated rings. The number of hydrogen-bond donors (Lipinski definition) is 2. The molecule has 1 atom stereocenters. The minimum absolute atomic E-state index is 0.00675. The molecule has 16 heavy (non-hydrogen) atoms. The van der Waals surface area contributed by atoms with Gasteiger partial charge in [-0.1, -0.05) is 35.4 Å². The minimum Gasteiger partial charge on any atom is -0.373 e. The average Bonchev–Trinajstić information content (AvgIpc) is 2.27. The molecule has 1 aromatic rings. The third-order valence-corrected chi connectivity index (χ3v) is 2.66. The lowest BCUT2D eigenvalue weighted by Crippen LogP contribution is -2.27. The topological polar surface area (TPSA) is 35.9 Å². The van der Waals surface area contributed by atoms with Gasteiger partial charge in [-0.25, -0.2) is 0 Å². The molecule has 1 aliphatic rings. The van der Waals surface area contributed by atoms with E-state index in [1.807, 2.05) is 31.2 Å². The van der Waals surface area contributed by atoms with Gasteiger partial charge in [0, 0.05) is 5.69 Å². The summed E-state index contributed by atoms with van der Waals surface area (Å²) in [6.07, 6.45) is 5.89. The van der Waals surface area contributed by atoms with Crippen LogP contribution in [0.3, 0.4) is 0 Å². The van der Waals surface area contributed by atoms with Crippen LogP contribution in [0.1, 0.15) is 12.5 Å². The third-order valence-electron chi connectivity index (χ3n) is 2.66. The summed E-state index contributed by atoms with van der Waals surface area (Å²) in [7, 11) is 0. The molecular formula is C14H16N2. The summed E-state index contributed by atoms with van der Waals surface area (Å²) < 4.78 is 0. The Hall–Kier alpha value is -1.83. The maximum absolute atomic E-state index is 7.83. The van der Waals surface area contributed by atoms with E-state index < -0.39 is 0 Å². The number of aryl methyl sites for hydroxylation is 1. The van der Waals surface area contributed by atoms with Crippen LogP contribution in [0.4, 0.5) is 5.69 Å². The minimum atomic E-state index is -0.00675. The van der Waals surface area contributed by atoms with Crippen molar-refractivity contribution in [3.8, 4) is 0 Å². The van der Waals surface area contributed by atoms with Crippen molar-refractivity contribution in [3.05, 3.63) is 53.6 Å². The fourth-order valence-corrected chi connectivity index (χ4v) is 1.68. The second kappa shape index (κ2) is 4.35. The van der Waals surface area contributed by atoms with Gasteiger partial charge < -0.3 is 10.7 Å². The van der Waals surface area contributed by atoms with Crippen molar-refractivity contribution in [3.63, 3.8) is 0 Å². The molecular weight excluding hydrogens is 196 g/mol. The van der Waals surface area contributed by atoms with E-state index in [2.05, 4.69) is 30.4 Å².